The van der Waals surface area contributed by atoms with Crippen LogP contribution < -0.4 is 5.32 Å². The Morgan fingerprint density at radius 2 is 1.97 bits per heavy atom. The molecule has 1 saturated heterocycles. The standard InChI is InChI=1S/C21H21F3N4O2/c1-21(23,24)15-4-3-5-16(17(15)22)26-19-13-6-7-27(2)18(13)14(12-25-19)20(29)28-8-10-30-11-9-28/h3-7,12H,8-11H2,1-2H3,(H,25,26). The van der Waals surface area contributed by atoms with E-state index in [-0.39, 0.29) is 17.4 Å². The number of halogens is 3. The molecule has 30 heavy (non-hydrogen) atoms. The lowest BCUT2D eigenvalue weighted by atomic mass is 10.1. The molecule has 1 amide bonds. The van der Waals surface area contributed by atoms with Crippen molar-refractivity contribution in [1.82, 2.24) is 14.5 Å². The van der Waals surface area contributed by atoms with E-state index in [0.717, 1.165) is 6.07 Å². The number of nitrogens with one attached hydrogen (secondary N) is 1. The van der Waals surface area contributed by atoms with Crippen molar-refractivity contribution in [3.8, 4) is 0 Å². The number of hydrogen-bond acceptors (Lipinski definition) is 4. The van der Waals surface area contributed by atoms with E-state index >= 15 is 0 Å². The number of amides is 1. The molecule has 1 N–H and O–H groups in total. The van der Waals surface area contributed by atoms with Gasteiger partial charge in [-0.1, -0.05) is 6.07 Å². The summed E-state index contributed by atoms with van der Waals surface area (Å²) in [5.41, 5.74) is 0.232. The third-order valence-corrected chi connectivity index (χ3v) is 5.16. The molecule has 6 nitrogen and oxygen atoms in total. The summed E-state index contributed by atoms with van der Waals surface area (Å²) in [4.78, 5) is 19.0. The number of carbonyl (C=O) groups is 1. The third kappa shape index (κ3) is 3.60. The molecule has 1 aromatic carbocycles. The van der Waals surface area contributed by atoms with Crippen LogP contribution >= 0.6 is 0 Å². The Bertz CT molecular complexity index is 1100. The van der Waals surface area contributed by atoms with Gasteiger partial charge in [-0.15, -0.1) is 0 Å². The molecule has 3 heterocycles. The molecular weight excluding hydrogens is 397 g/mol. The molecule has 0 spiro atoms. The van der Waals surface area contributed by atoms with Crippen molar-refractivity contribution < 1.29 is 22.7 Å². The Hall–Kier alpha value is -3.07. The van der Waals surface area contributed by atoms with E-state index in [2.05, 4.69) is 10.3 Å². The van der Waals surface area contributed by atoms with Crippen LogP contribution in [0.4, 0.5) is 24.7 Å². The summed E-state index contributed by atoms with van der Waals surface area (Å²) in [7, 11) is 1.79. The first-order valence-corrected chi connectivity index (χ1v) is 9.52. The predicted octanol–water partition coefficient (Wildman–Crippen LogP) is 4.04. The minimum absolute atomic E-state index is 0.112. The van der Waals surface area contributed by atoms with Crippen molar-refractivity contribution in [2.24, 2.45) is 7.05 Å². The van der Waals surface area contributed by atoms with E-state index in [1.165, 1.54) is 18.3 Å². The zero-order chi connectivity index (χ0) is 21.5. The Morgan fingerprint density at radius 1 is 1.23 bits per heavy atom. The number of aryl methyl sites for hydroxylation is 1. The van der Waals surface area contributed by atoms with Crippen LogP contribution in [0, 0.1) is 5.82 Å². The van der Waals surface area contributed by atoms with Crippen molar-refractivity contribution >= 4 is 28.3 Å². The Morgan fingerprint density at radius 3 is 2.67 bits per heavy atom. The number of ether oxygens (including phenoxy) is 1. The number of pyridine rings is 1. The molecular formula is C21H21F3N4O2. The van der Waals surface area contributed by atoms with Gasteiger partial charge in [-0.25, -0.2) is 18.2 Å². The molecule has 1 fully saturated rings. The second kappa shape index (κ2) is 7.64. The largest absolute Gasteiger partial charge is 0.378 e. The zero-order valence-electron chi connectivity index (χ0n) is 16.6. The number of rotatable bonds is 4. The van der Waals surface area contributed by atoms with E-state index < -0.39 is 17.3 Å². The number of morpholine rings is 1. The van der Waals surface area contributed by atoms with Gasteiger partial charge in [-0.05, 0) is 18.2 Å². The fourth-order valence-electron chi connectivity index (χ4n) is 3.60. The lowest BCUT2D eigenvalue weighted by Crippen LogP contribution is -2.40. The highest BCUT2D eigenvalue weighted by Gasteiger charge is 2.30. The fraction of sp³-hybridized carbons (Fsp3) is 0.333. The molecule has 0 aliphatic carbocycles. The molecule has 0 unspecified atom stereocenters. The maximum atomic E-state index is 14.7. The van der Waals surface area contributed by atoms with Crippen molar-refractivity contribution in [1.29, 1.82) is 0 Å². The first kappa shape index (κ1) is 20.2. The molecule has 3 aromatic rings. The number of aromatic nitrogens is 2. The first-order valence-electron chi connectivity index (χ1n) is 9.52. The summed E-state index contributed by atoms with van der Waals surface area (Å²) in [6, 6.07) is 5.53. The molecule has 1 aliphatic heterocycles. The minimum Gasteiger partial charge on any atom is -0.378 e. The van der Waals surface area contributed by atoms with Crippen molar-refractivity contribution in [3.63, 3.8) is 0 Å². The molecule has 158 valence electrons. The van der Waals surface area contributed by atoms with Crippen molar-refractivity contribution in [2.45, 2.75) is 12.8 Å². The Kier molecular flexibility index (Phi) is 5.15. The summed E-state index contributed by atoms with van der Waals surface area (Å²) < 4.78 is 49.1. The molecule has 0 atom stereocenters. The predicted molar refractivity (Wildman–Crippen MR) is 107 cm³/mol. The third-order valence-electron chi connectivity index (χ3n) is 5.16. The van der Waals surface area contributed by atoms with E-state index in [0.29, 0.717) is 49.7 Å². The van der Waals surface area contributed by atoms with E-state index in [9.17, 15) is 18.0 Å². The highest BCUT2D eigenvalue weighted by molar-refractivity contribution is 6.08. The molecule has 2 aromatic heterocycles. The van der Waals surface area contributed by atoms with Gasteiger partial charge in [0.25, 0.3) is 11.8 Å². The molecule has 4 rings (SSSR count). The Balaban J connectivity index is 1.73. The van der Waals surface area contributed by atoms with Gasteiger partial charge in [0.05, 0.1) is 35.5 Å². The topological polar surface area (TPSA) is 59.4 Å². The average Bonchev–Trinajstić information content (AvgIpc) is 3.11. The average molecular weight is 418 g/mol. The van der Waals surface area contributed by atoms with Crippen LogP contribution in [0.5, 0.6) is 0 Å². The highest BCUT2D eigenvalue weighted by atomic mass is 19.3. The molecule has 0 radical (unpaired) electrons. The lowest BCUT2D eigenvalue weighted by Gasteiger charge is -2.27. The summed E-state index contributed by atoms with van der Waals surface area (Å²) in [6.07, 6.45) is 3.19. The second-order valence-corrected chi connectivity index (χ2v) is 7.29. The molecule has 9 heteroatoms. The summed E-state index contributed by atoms with van der Waals surface area (Å²) in [5.74, 6) is -4.24. The maximum Gasteiger partial charge on any atom is 0.273 e. The maximum absolute atomic E-state index is 14.7. The van der Waals surface area contributed by atoms with Crippen LogP contribution in [0.2, 0.25) is 0 Å². The number of carbonyl (C=O) groups excluding carboxylic acids is 1. The first-order chi connectivity index (χ1) is 14.3. The van der Waals surface area contributed by atoms with Gasteiger partial charge >= 0.3 is 0 Å². The van der Waals surface area contributed by atoms with Crippen LogP contribution in [0.15, 0.2) is 36.7 Å². The Labute approximate surface area is 171 Å². The number of benzene rings is 1. The van der Waals surface area contributed by atoms with Gasteiger partial charge in [0.2, 0.25) is 0 Å². The van der Waals surface area contributed by atoms with Crippen LogP contribution in [-0.4, -0.2) is 46.7 Å². The van der Waals surface area contributed by atoms with Gasteiger partial charge in [-0.3, -0.25) is 4.79 Å². The summed E-state index contributed by atoms with van der Waals surface area (Å²) >= 11 is 0. The zero-order valence-corrected chi connectivity index (χ0v) is 16.6. The number of hydrogen-bond donors (Lipinski definition) is 1. The monoisotopic (exact) mass is 418 g/mol. The molecule has 1 aliphatic rings. The van der Waals surface area contributed by atoms with Crippen LogP contribution in [0.1, 0.15) is 22.8 Å². The van der Waals surface area contributed by atoms with Crippen molar-refractivity contribution in [2.75, 3.05) is 31.6 Å². The quantitative estimate of drug-likeness (QED) is 0.695. The molecule has 0 bridgehead atoms. The van der Waals surface area contributed by atoms with Crippen LogP contribution in [-0.2, 0) is 17.7 Å². The van der Waals surface area contributed by atoms with E-state index in [4.69, 9.17) is 4.74 Å². The van der Waals surface area contributed by atoms with Gasteiger partial charge in [-0.2, -0.15) is 0 Å². The van der Waals surface area contributed by atoms with Gasteiger partial charge in [0.1, 0.15) is 5.82 Å². The summed E-state index contributed by atoms with van der Waals surface area (Å²) in [5, 5.41) is 3.40. The smallest absolute Gasteiger partial charge is 0.273 e. The summed E-state index contributed by atoms with van der Waals surface area (Å²) in [6.45, 7) is 2.59. The minimum atomic E-state index is -3.31. The van der Waals surface area contributed by atoms with E-state index in [1.54, 1.807) is 28.8 Å². The van der Waals surface area contributed by atoms with Gasteiger partial charge in [0.15, 0.2) is 5.82 Å². The lowest BCUT2D eigenvalue weighted by molar-refractivity contribution is 0.0139. The number of nitrogens with zero attached hydrogens (tertiary/aromatic N) is 3. The second-order valence-electron chi connectivity index (χ2n) is 7.29. The normalized spacial score (nSPS) is 14.9. The molecule has 0 saturated carbocycles. The number of fused-ring (bicyclic) bond motifs is 1. The SMILES string of the molecule is Cn1ccc2c(Nc3cccc(C(C)(F)F)c3F)ncc(C(=O)N3CCOCC3)c21. The van der Waals surface area contributed by atoms with Crippen molar-refractivity contribution in [3.05, 3.63) is 53.6 Å². The fourth-order valence-corrected chi connectivity index (χ4v) is 3.60. The number of alkyl halides is 2. The van der Waals surface area contributed by atoms with Crippen LogP contribution in [0.25, 0.3) is 10.9 Å². The number of anilines is 2. The highest BCUT2D eigenvalue weighted by Crippen LogP contribution is 2.34. The van der Waals surface area contributed by atoms with E-state index in [1.807, 2.05) is 0 Å². The van der Waals surface area contributed by atoms with Gasteiger partial charge < -0.3 is 19.5 Å². The van der Waals surface area contributed by atoms with Crippen LogP contribution in [0.3, 0.4) is 0 Å². The van der Waals surface area contributed by atoms with Gasteiger partial charge in [0, 0.05) is 44.8 Å².